The van der Waals surface area contributed by atoms with E-state index in [1.807, 2.05) is 11.8 Å². The topological polar surface area (TPSA) is 26.7 Å². The maximum atomic E-state index is 10.1. The molecule has 2 aliphatic heterocycles. The van der Waals surface area contributed by atoms with Crippen LogP contribution in [-0.4, -0.2) is 71.8 Å². The number of aliphatic hydroxyl groups excluding tert-OH is 1. The van der Waals surface area contributed by atoms with E-state index in [0.29, 0.717) is 0 Å². The summed E-state index contributed by atoms with van der Waals surface area (Å²) in [5.74, 6) is 3.34. The van der Waals surface area contributed by atoms with Crippen molar-refractivity contribution < 1.29 is 5.11 Å². The Bertz CT molecular complexity index is 213. The maximum absolute atomic E-state index is 10.1. The zero-order valence-corrected chi connectivity index (χ0v) is 11.8. The van der Waals surface area contributed by atoms with Gasteiger partial charge in [0.25, 0.3) is 0 Å². The van der Waals surface area contributed by atoms with Crippen molar-refractivity contribution in [1.29, 1.82) is 0 Å². The second-order valence-corrected chi connectivity index (χ2v) is 6.77. The van der Waals surface area contributed by atoms with E-state index in [2.05, 4.69) is 16.7 Å². The van der Waals surface area contributed by atoms with Gasteiger partial charge in [-0.15, -0.1) is 0 Å². The van der Waals surface area contributed by atoms with Gasteiger partial charge in [-0.25, -0.2) is 0 Å². The van der Waals surface area contributed by atoms with Crippen molar-refractivity contribution in [3.05, 3.63) is 0 Å². The van der Waals surface area contributed by atoms with Crippen LogP contribution >= 0.6 is 11.8 Å². The summed E-state index contributed by atoms with van der Waals surface area (Å²) >= 11 is 2.03. The molecule has 0 aromatic rings. The van der Waals surface area contributed by atoms with Crippen LogP contribution in [0.4, 0.5) is 0 Å². The third kappa shape index (κ3) is 4.78. The molecular formula is C13H26N2OS. The summed E-state index contributed by atoms with van der Waals surface area (Å²) in [5.41, 5.74) is 0. The van der Waals surface area contributed by atoms with Crippen LogP contribution in [0.25, 0.3) is 0 Å². The van der Waals surface area contributed by atoms with Crippen LogP contribution in [0.1, 0.15) is 19.8 Å². The molecule has 0 amide bonds. The van der Waals surface area contributed by atoms with Gasteiger partial charge in [0.1, 0.15) is 0 Å². The molecule has 17 heavy (non-hydrogen) atoms. The fraction of sp³-hybridized carbons (Fsp3) is 1.00. The largest absolute Gasteiger partial charge is 0.390 e. The highest BCUT2D eigenvalue weighted by atomic mass is 32.2. The highest BCUT2D eigenvalue weighted by molar-refractivity contribution is 7.99. The molecule has 0 aromatic heterocycles. The molecule has 1 unspecified atom stereocenters. The molecule has 2 rings (SSSR count). The fourth-order valence-electron chi connectivity index (χ4n) is 2.68. The van der Waals surface area contributed by atoms with Crippen molar-refractivity contribution in [2.24, 2.45) is 5.92 Å². The highest BCUT2D eigenvalue weighted by Gasteiger charge is 2.20. The molecule has 2 fully saturated rings. The Balaban J connectivity index is 1.64. The van der Waals surface area contributed by atoms with Crippen LogP contribution in [0.3, 0.4) is 0 Å². The predicted molar refractivity (Wildman–Crippen MR) is 74.6 cm³/mol. The summed E-state index contributed by atoms with van der Waals surface area (Å²) in [6.45, 7) is 8.72. The van der Waals surface area contributed by atoms with Gasteiger partial charge in [0.05, 0.1) is 6.10 Å². The zero-order valence-electron chi connectivity index (χ0n) is 11.0. The predicted octanol–water partition coefficient (Wildman–Crippen LogP) is 1.13. The van der Waals surface area contributed by atoms with Gasteiger partial charge in [0.15, 0.2) is 0 Å². The van der Waals surface area contributed by atoms with Gasteiger partial charge >= 0.3 is 0 Å². The van der Waals surface area contributed by atoms with Crippen LogP contribution in [0.2, 0.25) is 0 Å². The van der Waals surface area contributed by atoms with E-state index in [9.17, 15) is 5.11 Å². The lowest BCUT2D eigenvalue weighted by Crippen LogP contribution is -2.45. The maximum Gasteiger partial charge on any atom is 0.0793 e. The number of nitrogens with zero attached hydrogens (tertiary/aromatic N) is 2. The molecule has 2 heterocycles. The van der Waals surface area contributed by atoms with Crippen molar-refractivity contribution in [1.82, 2.24) is 9.80 Å². The molecule has 1 atom stereocenters. The van der Waals surface area contributed by atoms with E-state index >= 15 is 0 Å². The van der Waals surface area contributed by atoms with E-state index in [1.54, 1.807) is 0 Å². The molecular weight excluding hydrogens is 232 g/mol. The molecule has 0 spiro atoms. The number of rotatable bonds is 4. The lowest BCUT2D eigenvalue weighted by Gasteiger charge is -2.34. The van der Waals surface area contributed by atoms with Gasteiger partial charge in [0.2, 0.25) is 0 Å². The smallest absolute Gasteiger partial charge is 0.0793 e. The zero-order chi connectivity index (χ0) is 12.1. The van der Waals surface area contributed by atoms with Crippen LogP contribution in [-0.2, 0) is 0 Å². The van der Waals surface area contributed by atoms with Gasteiger partial charge in [0, 0.05) is 37.7 Å². The van der Waals surface area contributed by atoms with Gasteiger partial charge in [-0.3, -0.25) is 4.90 Å². The van der Waals surface area contributed by atoms with E-state index in [1.165, 1.54) is 37.4 Å². The average molecular weight is 258 g/mol. The normalized spacial score (nSPS) is 27.2. The van der Waals surface area contributed by atoms with Gasteiger partial charge in [-0.1, -0.05) is 6.92 Å². The molecule has 1 N–H and O–H groups in total. The summed E-state index contributed by atoms with van der Waals surface area (Å²) in [4.78, 5) is 4.84. The molecule has 0 aliphatic carbocycles. The molecule has 100 valence electrons. The molecule has 2 aliphatic rings. The van der Waals surface area contributed by atoms with Crippen molar-refractivity contribution >= 4 is 11.8 Å². The molecule has 0 radical (unpaired) electrons. The van der Waals surface area contributed by atoms with Crippen molar-refractivity contribution in [3.8, 4) is 0 Å². The number of thioether (sulfide) groups is 1. The Hall–Kier alpha value is 0.230. The van der Waals surface area contributed by atoms with Gasteiger partial charge in [-0.2, -0.15) is 11.8 Å². The fourth-order valence-corrected chi connectivity index (χ4v) is 3.66. The first kappa shape index (κ1) is 13.7. The Labute approximate surface area is 110 Å². The number of hydrogen-bond acceptors (Lipinski definition) is 4. The summed E-state index contributed by atoms with van der Waals surface area (Å²) in [6, 6.07) is 0. The van der Waals surface area contributed by atoms with E-state index < -0.39 is 0 Å². The number of hydrogen-bond donors (Lipinski definition) is 1. The monoisotopic (exact) mass is 258 g/mol. The first-order valence-corrected chi connectivity index (χ1v) is 8.10. The SMILES string of the molecule is CC1CCN(CC(O)CN2CCSCC2)CC1. The molecule has 0 bridgehead atoms. The number of piperidine rings is 1. The first-order valence-electron chi connectivity index (χ1n) is 6.94. The first-order chi connectivity index (χ1) is 8.24. The van der Waals surface area contributed by atoms with Crippen LogP contribution in [0, 0.1) is 5.92 Å². The summed E-state index contributed by atoms with van der Waals surface area (Å²) in [6.07, 6.45) is 2.44. The Kier molecular flexibility index (Phi) is 5.60. The average Bonchev–Trinajstić information content (AvgIpc) is 2.33. The van der Waals surface area contributed by atoms with Gasteiger partial charge in [-0.05, 0) is 31.8 Å². The van der Waals surface area contributed by atoms with Crippen LogP contribution in [0.15, 0.2) is 0 Å². The third-order valence-electron chi connectivity index (χ3n) is 3.92. The second kappa shape index (κ2) is 6.98. The number of aliphatic hydroxyl groups is 1. The van der Waals surface area contributed by atoms with Crippen molar-refractivity contribution in [2.45, 2.75) is 25.9 Å². The second-order valence-electron chi connectivity index (χ2n) is 5.55. The van der Waals surface area contributed by atoms with Crippen LogP contribution in [0.5, 0.6) is 0 Å². The molecule has 3 nitrogen and oxygen atoms in total. The van der Waals surface area contributed by atoms with Crippen molar-refractivity contribution in [3.63, 3.8) is 0 Å². The summed E-state index contributed by atoms with van der Waals surface area (Å²) < 4.78 is 0. The Morgan fingerprint density at radius 1 is 1.06 bits per heavy atom. The standard InChI is InChI=1S/C13H26N2OS/c1-12-2-4-14(5-3-12)10-13(16)11-15-6-8-17-9-7-15/h12-13,16H,2-11H2,1H3. The Morgan fingerprint density at radius 3 is 2.18 bits per heavy atom. The van der Waals surface area contributed by atoms with Gasteiger partial charge < -0.3 is 10.0 Å². The molecule has 2 saturated heterocycles. The number of β-amino-alcohol motifs (C(OH)–C–C–N with tert-alkyl or cyclic N) is 1. The quantitative estimate of drug-likeness (QED) is 0.818. The minimum absolute atomic E-state index is 0.161. The summed E-state index contributed by atoms with van der Waals surface area (Å²) in [5, 5.41) is 10.1. The lowest BCUT2D eigenvalue weighted by molar-refractivity contribution is 0.0639. The summed E-state index contributed by atoms with van der Waals surface area (Å²) in [7, 11) is 0. The third-order valence-corrected chi connectivity index (χ3v) is 4.86. The minimum atomic E-state index is -0.161. The molecule has 0 saturated carbocycles. The minimum Gasteiger partial charge on any atom is -0.390 e. The number of likely N-dealkylation sites (tertiary alicyclic amines) is 1. The van der Waals surface area contributed by atoms with Crippen LogP contribution < -0.4 is 0 Å². The van der Waals surface area contributed by atoms with Crippen molar-refractivity contribution in [2.75, 3.05) is 50.8 Å². The molecule has 0 aromatic carbocycles. The van der Waals surface area contributed by atoms with E-state index in [4.69, 9.17) is 0 Å². The van der Waals surface area contributed by atoms with E-state index in [0.717, 1.165) is 32.1 Å². The van der Waals surface area contributed by atoms with E-state index in [-0.39, 0.29) is 6.10 Å². The molecule has 4 heteroatoms. The highest BCUT2D eigenvalue weighted by Crippen LogP contribution is 2.16. The lowest BCUT2D eigenvalue weighted by atomic mass is 9.99. The Morgan fingerprint density at radius 2 is 1.59 bits per heavy atom.